The van der Waals surface area contributed by atoms with Crippen molar-refractivity contribution in [1.82, 2.24) is 10.2 Å². The first kappa shape index (κ1) is 36.9. The number of nitrogens with zero attached hydrogens (tertiary/aromatic N) is 2. The summed E-state index contributed by atoms with van der Waals surface area (Å²) >= 11 is 18.7. The molecule has 0 aliphatic rings. The van der Waals surface area contributed by atoms with Crippen LogP contribution in [0.15, 0.2) is 95.9 Å². The third kappa shape index (κ3) is 9.14. The lowest BCUT2D eigenvalue weighted by atomic mass is 10.0. The highest BCUT2D eigenvalue weighted by molar-refractivity contribution is 7.92. The maximum atomic E-state index is 14.6. The van der Waals surface area contributed by atoms with Crippen LogP contribution in [0.4, 0.5) is 5.69 Å². The Morgan fingerprint density at radius 3 is 2.12 bits per heavy atom. The van der Waals surface area contributed by atoms with Crippen molar-refractivity contribution in [3.63, 3.8) is 0 Å². The highest BCUT2D eigenvalue weighted by Gasteiger charge is 2.35. The first-order valence-corrected chi connectivity index (χ1v) is 17.6. The Kier molecular flexibility index (Phi) is 13.0. The summed E-state index contributed by atoms with van der Waals surface area (Å²) < 4.78 is 40.3. The maximum Gasteiger partial charge on any atom is 0.264 e. The summed E-state index contributed by atoms with van der Waals surface area (Å²) in [5.74, 6) is -0.486. The second-order valence-corrected chi connectivity index (χ2v) is 13.9. The zero-order valence-electron chi connectivity index (χ0n) is 26.7. The number of methoxy groups -OCH3 is 2. The fraction of sp³-hybridized carbons (Fsp3) is 0.257. The largest absolute Gasteiger partial charge is 0.493 e. The van der Waals surface area contributed by atoms with Crippen molar-refractivity contribution in [2.75, 3.05) is 31.6 Å². The van der Waals surface area contributed by atoms with E-state index >= 15 is 0 Å². The molecule has 4 aromatic carbocycles. The van der Waals surface area contributed by atoms with Crippen LogP contribution >= 0.6 is 34.8 Å². The fourth-order valence-corrected chi connectivity index (χ4v) is 6.87. The van der Waals surface area contributed by atoms with Crippen LogP contribution in [0.2, 0.25) is 15.1 Å². The van der Waals surface area contributed by atoms with Gasteiger partial charge in [-0.2, -0.15) is 0 Å². The molecule has 0 spiro atoms. The Labute approximate surface area is 296 Å². The van der Waals surface area contributed by atoms with Crippen LogP contribution in [0, 0.1) is 0 Å². The van der Waals surface area contributed by atoms with Crippen molar-refractivity contribution in [3.05, 3.63) is 117 Å². The molecule has 0 bridgehead atoms. The number of nitrogens with one attached hydrogen (secondary N) is 1. The average molecular weight is 733 g/mol. The number of benzene rings is 4. The summed E-state index contributed by atoms with van der Waals surface area (Å²) in [6.07, 6.45) is 0.852. The molecule has 0 radical (unpaired) electrons. The Bertz CT molecular complexity index is 1830. The molecule has 4 aromatic rings. The van der Waals surface area contributed by atoms with Crippen LogP contribution in [0.5, 0.6) is 11.5 Å². The Morgan fingerprint density at radius 1 is 0.812 bits per heavy atom. The van der Waals surface area contributed by atoms with E-state index in [1.54, 1.807) is 18.2 Å². The maximum absolute atomic E-state index is 14.6. The molecule has 1 atom stereocenters. The van der Waals surface area contributed by atoms with E-state index in [2.05, 4.69) is 5.32 Å². The topological polar surface area (TPSA) is 105 Å². The molecule has 254 valence electrons. The van der Waals surface area contributed by atoms with Crippen LogP contribution in [0.25, 0.3) is 0 Å². The molecular formula is C35H36Cl3N3O6S. The van der Waals surface area contributed by atoms with Crippen molar-refractivity contribution < 1.29 is 27.5 Å². The van der Waals surface area contributed by atoms with E-state index in [1.165, 1.54) is 61.6 Å². The molecule has 0 saturated heterocycles. The zero-order chi connectivity index (χ0) is 34.8. The lowest BCUT2D eigenvalue weighted by molar-refractivity contribution is -0.140. The first-order valence-electron chi connectivity index (χ1n) is 15.0. The lowest BCUT2D eigenvalue weighted by Gasteiger charge is -2.34. The number of halogens is 3. The van der Waals surface area contributed by atoms with Gasteiger partial charge in [-0.15, -0.1) is 0 Å². The molecule has 0 saturated carbocycles. The highest BCUT2D eigenvalue weighted by atomic mass is 35.5. The van der Waals surface area contributed by atoms with Crippen LogP contribution in [-0.4, -0.2) is 58.5 Å². The van der Waals surface area contributed by atoms with Gasteiger partial charge < -0.3 is 19.7 Å². The summed E-state index contributed by atoms with van der Waals surface area (Å²) in [4.78, 5) is 29.6. The third-order valence-electron chi connectivity index (χ3n) is 7.49. The van der Waals surface area contributed by atoms with Crippen molar-refractivity contribution in [2.24, 2.45) is 0 Å². The monoisotopic (exact) mass is 731 g/mol. The molecule has 0 heterocycles. The molecule has 0 aliphatic heterocycles. The molecule has 1 N–H and O–H groups in total. The Morgan fingerprint density at radius 2 is 1.50 bits per heavy atom. The summed E-state index contributed by atoms with van der Waals surface area (Å²) in [5, 5.41) is 3.89. The number of ether oxygens (including phenoxy) is 2. The zero-order valence-corrected chi connectivity index (χ0v) is 29.7. The second-order valence-electron chi connectivity index (χ2n) is 10.8. The minimum Gasteiger partial charge on any atom is -0.493 e. The molecule has 48 heavy (non-hydrogen) atoms. The molecular weight excluding hydrogens is 697 g/mol. The van der Waals surface area contributed by atoms with Crippen molar-refractivity contribution in [3.8, 4) is 11.5 Å². The standard InChI is InChI=1S/C35H36Cl3N3O6S/c1-4-18-39-35(43)31(20-24-8-6-5-7-9-24)40(22-25-10-16-29(37)30(38)19-25)34(42)23-41(27-13-11-26(36)12-14-27)48(44,45)28-15-17-32(46-2)33(21-28)47-3/h5-17,19,21,31H,4,18,20,22-23H2,1-3H3,(H,39,43)/t31-/m1/s1. The van der Waals surface area contributed by atoms with E-state index < -0.39 is 28.5 Å². The molecule has 2 amide bonds. The first-order chi connectivity index (χ1) is 23.0. The van der Waals surface area contributed by atoms with Gasteiger partial charge >= 0.3 is 0 Å². The van der Waals surface area contributed by atoms with E-state index in [1.807, 2.05) is 37.3 Å². The molecule has 9 nitrogen and oxygen atoms in total. The van der Waals surface area contributed by atoms with Crippen LogP contribution in [0.3, 0.4) is 0 Å². The SMILES string of the molecule is CCCNC(=O)[C@@H](Cc1ccccc1)N(Cc1ccc(Cl)c(Cl)c1)C(=O)CN(c1ccc(Cl)cc1)S(=O)(=O)c1ccc(OC)c(OC)c1. The van der Waals surface area contributed by atoms with Gasteiger partial charge in [0.15, 0.2) is 11.5 Å². The van der Waals surface area contributed by atoms with E-state index in [9.17, 15) is 18.0 Å². The van der Waals surface area contributed by atoms with E-state index in [0.717, 1.165) is 9.87 Å². The molecule has 0 fully saturated rings. The van der Waals surface area contributed by atoms with Crippen LogP contribution in [0.1, 0.15) is 24.5 Å². The third-order valence-corrected chi connectivity index (χ3v) is 10.3. The Hall–Kier alpha value is -3.96. The minimum atomic E-state index is -4.39. The van der Waals surface area contributed by atoms with Gasteiger partial charge in [-0.25, -0.2) is 8.42 Å². The van der Waals surface area contributed by atoms with Crippen molar-refractivity contribution in [2.45, 2.75) is 37.2 Å². The summed E-state index contributed by atoms with van der Waals surface area (Å²) in [6.45, 7) is 1.61. The van der Waals surface area contributed by atoms with Gasteiger partial charge in [0.25, 0.3) is 10.0 Å². The molecule has 4 rings (SSSR count). The normalized spacial score (nSPS) is 11.8. The Balaban J connectivity index is 1.83. The number of anilines is 1. The number of carbonyl (C=O) groups is 2. The smallest absolute Gasteiger partial charge is 0.264 e. The summed E-state index contributed by atoms with van der Waals surface area (Å²) in [5.41, 5.74) is 1.60. The summed E-state index contributed by atoms with van der Waals surface area (Å²) in [7, 11) is -1.55. The predicted octanol–water partition coefficient (Wildman–Crippen LogP) is 7.03. The van der Waals surface area contributed by atoms with Gasteiger partial charge in [0.2, 0.25) is 11.8 Å². The fourth-order valence-electron chi connectivity index (χ4n) is 4.99. The number of hydrogen-bond donors (Lipinski definition) is 1. The number of amides is 2. The molecule has 0 unspecified atom stereocenters. The van der Waals surface area contributed by atoms with Gasteiger partial charge in [-0.05, 0) is 66.1 Å². The van der Waals surface area contributed by atoms with Crippen LogP contribution < -0.4 is 19.1 Å². The number of carbonyl (C=O) groups excluding carboxylic acids is 2. The van der Waals surface area contributed by atoms with Gasteiger partial charge in [0, 0.05) is 30.6 Å². The average Bonchev–Trinajstić information content (AvgIpc) is 3.09. The van der Waals surface area contributed by atoms with Crippen LogP contribution in [-0.2, 0) is 32.6 Å². The number of rotatable bonds is 15. The van der Waals surface area contributed by atoms with Crippen molar-refractivity contribution >= 4 is 62.3 Å². The van der Waals surface area contributed by atoms with Gasteiger partial charge in [0.1, 0.15) is 12.6 Å². The quantitative estimate of drug-likeness (QED) is 0.141. The minimum absolute atomic E-state index is 0.0579. The van der Waals surface area contributed by atoms with Gasteiger partial charge in [-0.1, -0.05) is 78.1 Å². The van der Waals surface area contributed by atoms with Crippen molar-refractivity contribution in [1.29, 1.82) is 0 Å². The summed E-state index contributed by atoms with van der Waals surface area (Å²) in [6, 6.07) is 23.4. The predicted molar refractivity (Wildman–Crippen MR) is 190 cm³/mol. The molecule has 13 heteroatoms. The number of hydrogen-bond acceptors (Lipinski definition) is 6. The van der Waals surface area contributed by atoms with E-state index in [4.69, 9.17) is 44.3 Å². The van der Waals surface area contributed by atoms with Gasteiger partial charge in [-0.3, -0.25) is 13.9 Å². The second kappa shape index (κ2) is 16.9. The number of sulfonamides is 1. The lowest BCUT2D eigenvalue weighted by Crippen LogP contribution is -2.53. The molecule has 0 aromatic heterocycles. The van der Waals surface area contributed by atoms with E-state index in [-0.39, 0.29) is 40.2 Å². The van der Waals surface area contributed by atoms with Gasteiger partial charge in [0.05, 0.1) is 34.8 Å². The molecule has 0 aliphatic carbocycles. The van der Waals surface area contributed by atoms with E-state index in [0.29, 0.717) is 34.3 Å². The highest BCUT2D eigenvalue weighted by Crippen LogP contribution is 2.33.